The predicted molar refractivity (Wildman–Crippen MR) is 152 cm³/mol. The zero-order valence-electron chi connectivity index (χ0n) is 23.5. The highest BCUT2D eigenvalue weighted by atomic mass is 35.5. The standard InChI is InChI=1S/C29H32ClF4N5O3/c1-5-21(40)38-12-17(3)39(13-16(38)2)26-18-11-19(30)22(23-20(31)7-6-8-28(23,4)41)24(32)25(18)35-27(36-26)42-10-9-37-14-29(33,34)15-37/h5-7,11,16-17,41H,1,8-10,12-15H2,2-4H3/t16-,17+,28?/m1/s1. The molecule has 1 amide bonds. The smallest absolute Gasteiger partial charge is 0.319 e. The van der Waals surface area contributed by atoms with E-state index in [1.807, 2.05) is 18.7 Å². The molecule has 2 saturated heterocycles. The van der Waals surface area contributed by atoms with Crippen molar-refractivity contribution in [1.82, 2.24) is 19.8 Å². The van der Waals surface area contributed by atoms with Crippen LogP contribution in [0, 0.1) is 5.82 Å². The number of carbonyl (C=O) groups excluding carboxylic acids is 1. The first-order valence-corrected chi connectivity index (χ1v) is 14.0. The van der Waals surface area contributed by atoms with Crippen LogP contribution < -0.4 is 9.64 Å². The van der Waals surface area contributed by atoms with E-state index in [9.17, 15) is 18.7 Å². The normalized spacial score (nSPS) is 26.0. The number of piperazine rings is 1. The summed E-state index contributed by atoms with van der Waals surface area (Å²) < 4.78 is 63.7. The third-order valence-electron chi connectivity index (χ3n) is 7.91. The summed E-state index contributed by atoms with van der Waals surface area (Å²) in [5.74, 6) is -4.45. The molecule has 3 heterocycles. The van der Waals surface area contributed by atoms with E-state index in [0.29, 0.717) is 13.1 Å². The van der Waals surface area contributed by atoms with Crippen LogP contribution in [0.1, 0.15) is 32.8 Å². The Morgan fingerprint density at radius 3 is 2.60 bits per heavy atom. The van der Waals surface area contributed by atoms with Crippen LogP contribution in [0.2, 0.25) is 5.02 Å². The lowest BCUT2D eigenvalue weighted by Crippen LogP contribution is -2.58. The minimum Gasteiger partial charge on any atom is -0.462 e. The lowest BCUT2D eigenvalue weighted by Gasteiger charge is -2.44. The summed E-state index contributed by atoms with van der Waals surface area (Å²) in [6, 6.07) is 0.706. The molecule has 1 N–H and O–H groups in total. The van der Waals surface area contributed by atoms with Gasteiger partial charge in [0.25, 0.3) is 5.92 Å². The number of fused-ring (bicyclic) bond motifs is 1. The maximum Gasteiger partial charge on any atom is 0.319 e. The van der Waals surface area contributed by atoms with Gasteiger partial charge in [-0.2, -0.15) is 9.97 Å². The molecule has 0 radical (unpaired) electrons. The number of hydrogen-bond donors (Lipinski definition) is 1. The van der Waals surface area contributed by atoms with Crippen molar-refractivity contribution in [2.45, 2.75) is 50.8 Å². The summed E-state index contributed by atoms with van der Waals surface area (Å²) in [4.78, 5) is 26.3. The zero-order valence-corrected chi connectivity index (χ0v) is 24.3. The number of allylic oxidation sites excluding steroid dienone is 2. The number of rotatable bonds is 7. The molecule has 0 bridgehead atoms. The maximum atomic E-state index is 16.4. The fourth-order valence-electron chi connectivity index (χ4n) is 5.77. The van der Waals surface area contributed by atoms with Gasteiger partial charge in [-0.3, -0.25) is 9.69 Å². The van der Waals surface area contributed by atoms with E-state index < -0.39 is 23.2 Å². The summed E-state index contributed by atoms with van der Waals surface area (Å²) >= 11 is 6.59. The second-order valence-corrected chi connectivity index (χ2v) is 11.7. The average Bonchev–Trinajstić information content (AvgIpc) is 2.89. The molecule has 3 atom stereocenters. The van der Waals surface area contributed by atoms with Gasteiger partial charge in [-0.05, 0) is 45.4 Å². The highest BCUT2D eigenvalue weighted by molar-refractivity contribution is 6.33. The summed E-state index contributed by atoms with van der Waals surface area (Å²) in [6.07, 6.45) is 3.90. The number of anilines is 1. The lowest BCUT2D eigenvalue weighted by atomic mass is 9.83. The van der Waals surface area contributed by atoms with Crippen LogP contribution in [0.3, 0.4) is 0 Å². The highest BCUT2D eigenvalue weighted by Crippen LogP contribution is 2.44. The van der Waals surface area contributed by atoms with Gasteiger partial charge in [0.05, 0.1) is 23.7 Å². The van der Waals surface area contributed by atoms with E-state index >= 15 is 8.78 Å². The number of likely N-dealkylation sites (tertiary alicyclic amines) is 1. The summed E-state index contributed by atoms with van der Waals surface area (Å²) in [6.45, 7) is 8.74. The summed E-state index contributed by atoms with van der Waals surface area (Å²) in [7, 11) is 0. The Labute approximate surface area is 245 Å². The van der Waals surface area contributed by atoms with Gasteiger partial charge in [0.1, 0.15) is 23.8 Å². The summed E-state index contributed by atoms with van der Waals surface area (Å²) in [5, 5.41) is 11.0. The van der Waals surface area contributed by atoms with E-state index in [2.05, 4.69) is 16.5 Å². The van der Waals surface area contributed by atoms with Gasteiger partial charge in [0.15, 0.2) is 5.82 Å². The highest BCUT2D eigenvalue weighted by Gasteiger charge is 2.43. The van der Waals surface area contributed by atoms with Gasteiger partial charge in [-0.1, -0.05) is 24.3 Å². The van der Waals surface area contributed by atoms with Crippen molar-refractivity contribution in [2.24, 2.45) is 0 Å². The number of halogens is 5. The van der Waals surface area contributed by atoms with Crippen molar-refractivity contribution in [2.75, 3.05) is 44.2 Å². The number of carbonyl (C=O) groups is 1. The number of aliphatic hydroxyl groups is 1. The van der Waals surface area contributed by atoms with Crippen LogP contribution in [0.25, 0.3) is 16.5 Å². The van der Waals surface area contributed by atoms with E-state index in [4.69, 9.17) is 16.3 Å². The first-order valence-electron chi connectivity index (χ1n) is 13.6. The molecule has 42 heavy (non-hydrogen) atoms. The topological polar surface area (TPSA) is 82.0 Å². The third kappa shape index (κ3) is 5.59. The van der Waals surface area contributed by atoms with Crippen molar-refractivity contribution < 1.29 is 32.2 Å². The maximum absolute atomic E-state index is 16.4. The number of hydrogen-bond acceptors (Lipinski definition) is 7. The molecule has 226 valence electrons. The van der Waals surface area contributed by atoms with Gasteiger partial charge < -0.3 is 19.6 Å². The van der Waals surface area contributed by atoms with Crippen LogP contribution in [0.15, 0.2) is 36.7 Å². The van der Waals surface area contributed by atoms with Crippen LogP contribution in [0.4, 0.5) is 23.4 Å². The molecule has 3 aliphatic rings. The van der Waals surface area contributed by atoms with E-state index in [1.54, 1.807) is 4.90 Å². The molecular formula is C29H32ClF4N5O3. The first-order chi connectivity index (χ1) is 19.7. The Kier molecular flexibility index (Phi) is 8.01. The van der Waals surface area contributed by atoms with Crippen molar-refractivity contribution in [3.05, 3.63) is 53.1 Å². The van der Waals surface area contributed by atoms with Gasteiger partial charge in [0, 0.05) is 48.2 Å². The fourth-order valence-corrected chi connectivity index (χ4v) is 6.06. The molecule has 0 saturated carbocycles. The van der Waals surface area contributed by atoms with Crippen molar-refractivity contribution in [3.63, 3.8) is 0 Å². The molecular weight excluding hydrogens is 578 g/mol. The molecule has 5 rings (SSSR count). The molecule has 1 aromatic carbocycles. The van der Waals surface area contributed by atoms with Crippen molar-refractivity contribution >= 4 is 39.8 Å². The SMILES string of the molecule is C=CC(=O)N1C[C@H](C)N(c2nc(OCCN3CC(F)(F)C3)nc3c(F)c(C4=C(F)C=CCC4(C)O)c(Cl)cc23)C[C@H]1C. The Bertz CT molecular complexity index is 1490. The number of ether oxygens (including phenoxy) is 1. The molecule has 1 aliphatic carbocycles. The van der Waals surface area contributed by atoms with E-state index in [-0.39, 0.29) is 89.5 Å². The molecule has 13 heteroatoms. The molecule has 8 nitrogen and oxygen atoms in total. The van der Waals surface area contributed by atoms with Crippen LogP contribution in [-0.2, 0) is 4.79 Å². The fraction of sp³-hybridized carbons (Fsp3) is 0.483. The Morgan fingerprint density at radius 2 is 1.95 bits per heavy atom. The lowest BCUT2D eigenvalue weighted by molar-refractivity contribution is -0.132. The van der Waals surface area contributed by atoms with Gasteiger partial charge >= 0.3 is 6.01 Å². The Morgan fingerprint density at radius 1 is 1.24 bits per heavy atom. The molecule has 1 aromatic heterocycles. The first kappa shape index (κ1) is 30.2. The molecule has 0 spiro atoms. The minimum absolute atomic E-state index is 0.0318. The van der Waals surface area contributed by atoms with Crippen LogP contribution in [-0.4, -0.2) is 93.7 Å². The Hall–Kier alpha value is -3.22. The third-order valence-corrected chi connectivity index (χ3v) is 8.21. The minimum atomic E-state index is -2.73. The Balaban J connectivity index is 1.59. The molecule has 2 aliphatic heterocycles. The number of benzene rings is 1. The van der Waals surface area contributed by atoms with Crippen LogP contribution in [0.5, 0.6) is 6.01 Å². The van der Waals surface area contributed by atoms with E-state index in [1.165, 1.54) is 30.0 Å². The quantitative estimate of drug-likeness (QED) is 0.358. The number of aromatic nitrogens is 2. The molecule has 1 unspecified atom stereocenters. The van der Waals surface area contributed by atoms with Crippen LogP contribution >= 0.6 is 11.6 Å². The summed E-state index contributed by atoms with van der Waals surface area (Å²) in [5.41, 5.74) is -2.56. The zero-order chi connectivity index (χ0) is 30.6. The molecule has 2 aromatic rings. The van der Waals surface area contributed by atoms with Crippen molar-refractivity contribution in [1.29, 1.82) is 0 Å². The monoisotopic (exact) mass is 609 g/mol. The average molecular weight is 610 g/mol. The van der Waals surface area contributed by atoms with Crippen molar-refractivity contribution in [3.8, 4) is 6.01 Å². The van der Waals surface area contributed by atoms with E-state index in [0.717, 1.165) is 6.08 Å². The predicted octanol–water partition coefficient (Wildman–Crippen LogP) is 4.76. The number of nitrogens with zero attached hydrogens (tertiary/aromatic N) is 5. The van der Waals surface area contributed by atoms with Gasteiger partial charge in [0.2, 0.25) is 5.91 Å². The largest absolute Gasteiger partial charge is 0.462 e. The second kappa shape index (κ2) is 11.1. The second-order valence-electron chi connectivity index (χ2n) is 11.3. The molecule has 2 fully saturated rings. The number of amides is 1. The van der Waals surface area contributed by atoms with Gasteiger partial charge in [-0.25, -0.2) is 17.6 Å². The van der Waals surface area contributed by atoms with Gasteiger partial charge in [-0.15, -0.1) is 0 Å². The number of alkyl halides is 2.